The van der Waals surface area contributed by atoms with E-state index in [0.717, 1.165) is 21.2 Å². The van der Waals surface area contributed by atoms with Gasteiger partial charge in [0.05, 0.1) is 16.8 Å². The number of para-hydroxylation sites is 1. The Kier molecular flexibility index (Phi) is 6.32. The molecule has 3 aromatic carbocycles. The molecule has 0 fully saturated rings. The van der Waals surface area contributed by atoms with Crippen LogP contribution in [-0.2, 0) is 9.53 Å². The molecule has 1 heterocycles. The number of nitrogens with one attached hydrogen (secondary N) is 1. The number of anilines is 1. The zero-order chi connectivity index (χ0) is 22.7. The van der Waals surface area contributed by atoms with Crippen molar-refractivity contribution in [2.45, 2.75) is 13.8 Å². The van der Waals surface area contributed by atoms with Gasteiger partial charge in [0.15, 0.2) is 6.61 Å². The topological polar surface area (TPSA) is 68.3 Å². The van der Waals surface area contributed by atoms with E-state index in [-0.39, 0.29) is 6.61 Å². The van der Waals surface area contributed by atoms with Crippen molar-refractivity contribution in [3.05, 3.63) is 94.0 Å². The monoisotopic (exact) mass is 488 g/mol. The van der Waals surface area contributed by atoms with Crippen LogP contribution in [-0.4, -0.2) is 23.5 Å². The minimum Gasteiger partial charge on any atom is -0.452 e. The number of aryl methyl sites for hydroxylation is 2. The standard InChI is InChI=1S/C26H21BrN2O3/c1-16-11-17(2)13-20(12-16)28-25(30)15-32-26(31)22-14-24(18-7-9-19(27)10-8-18)29-23-6-4-3-5-21(22)23/h3-14H,15H2,1-2H3,(H,28,30). The summed E-state index contributed by atoms with van der Waals surface area (Å²) in [6.45, 7) is 3.54. The molecule has 0 saturated heterocycles. The predicted molar refractivity (Wildman–Crippen MR) is 130 cm³/mol. The van der Waals surface area contributed by atoms with E-state index in [1.807, 2.05) is 80.6 Å². The third kappa shape index (κ3) is 5.03. The summed E-state index contributed by atoms with van der Waals surface area (Å²) in [4.78, 5) is 30.0. The Bertz CT molecular complexity index is 1300. The smallest absolute Gasteiger partial charge is 0.339 e. The second-order valence-electron chi connectivity index (χ2n) is 7.58. The molecule has 1 aromatic heterocycles. The number of ether oxygens (including phenoxy) is 1. The molecule has 4 aromatic rings. The Labute approximate surface area is 194 Å². The summed E-state index contributed by atoms with van der Waals surface area (Å²) in [5.41, 5.74) is 5.34. The highest BCUT2D eigenvalue weighted by molar-refractivity contribution is 9.10. The van der Waals surface area contributed by atoms with Crippen LogP contribution in [0, 0.1) is 13.8 Å². The molecule has 0 atom stereocenters. The Morgan fingerprint density at radius 3 is 2.34 bits per heavy atom. The number of rotatable bonds is 5. The summed E-state index contributed by atoms with van der Waals surface area (Å²) >= 11 is 3.43. The van der Waals surface area contributed by atoms with E-state index < -0.39 is 11.9 Å². The van der Waals surface area contributed by atoms with Crippen molar-refractivity contribution in [3.63, 3.8) is 0 Å². The van der Waals surface area contributed by atoms with Crippen LogP contribution in [0.2, 0.25) is 0 Å². The molecule has 1 amide bonds. The van der Waals surface area contributed by atoms with E-state index in [1.165, 1.54) is 0 Å². The van der Waals surface area contributed by atoms with E-state index in [0.29, 0.717) is 27.8 Å². The van der Waals surface area contributed by atoms with Crippen LogP contribution in [0.25, 0.3) is 22.2 Å². The largest absolute Gasteiger partial charge is 0.452 e. The number of hydrogen-bond acceptors (Lipinski definition) is 4. The second kappa shape index (κ2) is 9.32. The SMILES string of the molecule is Cc1cc(C)cc(NC(=O)COC(=O)c2cc(-c3ccc(Br)cc3)nc3ccccc23)c1. The van der Waals surface area contributed by atoms with Gasteiger partial charge in [-0.05, 0) is 61.4 Å². The lowest BCUT2D eigenvalue weighted by Gasteiger charge is -2.11. The quantitative estimate of drug-likeness (QED) is 0.345. The summed E-state index contributed by atoms with van der Waals surface area (Å²) in [5.74, 6) is -0.965. The maximum absolute atomic E-state index is 12.9. The average Bonchev–Trinajstić information content (AvgIpc) is 2.76. The van der Waals surface area contributed by atoms with E-state index in [1.54, 1.807) is 6.07 Å². The number of benzene rings is 3. The molecule has 1 N–H and O–H groups in total. The average molecular weight is 489 g/mol. The third-order valence-corrected chi connectivity index (χ3v) is 5.44. The number of nitrogens with zero attached hydrogens (tertiary/aromatic N) is 1. The van der Waals surface area contributed by atoms with Gasteiger partial charge in [-0.3, -0.25) is 4.79 Å². The van der Waals surface area contributed by atoms with E-state index >= 15 is 0 Å². The zero-order valence-electron chi connectivity index (χ0n) is 17.7. The van der Waals surface area contributed by atoms with Crippen molar-refractivity contribution in [2.24, 2.45) is 0 Å². The Morgan fingerprint density at radius 1 is 0.938 bits per heavy atom. The lowest BCUT2D eigenvalue weighted by Crippen LogP contribution is -2.21. The molecule has 0 spiro atoms. The molecular formula is C26H21BrN2O3. The molecule has 0 radical (unpaired) electrons. The fourth-order valence-electron chi connectivity index (χ4n) is 3.57. The number of amides is 1. The Balaban J connectivity index is 1.56. The van der Waals surface area contributed by atoms with Gasteiger partial charge < -0.3 is 10.1 Å². The molecule has 5 nitrogen and oxygen atoms in total. The van der Waals surface area contributed by atoms with Crippen LogP contribution in [0.3, 0.4) is 0 Å². The van der Waals surface area contributed by atoms with Crippen molar-refractivity contribution < 1.29 is 14.3 Å². The first kappa shape index (κ1) is 21.7. The molecule has 4 rings (SSSR count). The van der Waals surface area contributed by atoms with Gasteiger partial charge >= 0.3 is 5.97 Å². The highest BCUT2D eigenvalue weighted by Crippen LogP contribution is 2.26. The van der Waals surface area contributed by atoms with Gasteiger partial charge in [0, 0.05) is 21.1 Å². The third-order valence-electron chi connectivity index (χ3n) is 4.92. The van der Waals surface area contributed by atoms with E-state index in [4.69, 9.17) is 4.74 Å². The lowest BCUT2D eigenvalue weighted by atomic mass is 10.0. The maximum atomic E-state index is 12.9. The summed E-state index contributed by atoms with van der Waals surface area (Å²) in [6, 6.07) is 22.5. The summed E-state index contributed by atoms with van der Waals surface area (Å²) in [5, 5.41) is 3.45. The number of fused-ring (bicyclic) bond motifs is 1. The van der Waals surface area contributed by atoms with Crippen LogP contribution in [0.15, 0.2) is 77.3 Å². The van der Waals surface area contributed by atoms with Gasteiger partial charge in [0.2, 0.25) is 0 Å². The van der Waals surface area contributed by atoms with E-state index in [2.05, 4.69) is 26.2 Å². The Morgan fingerprint density at radius 2 is 1.62 bits per heavy atom. The van der Waals surface area contributed by atoms with Crippen molar-refractivity contribution in [1.82, 2.24) is 4.98 Å². The van der Waals surface area contributed by atoms with Gasteiger partial charge in [0.1, 0.15) is 0 Å². The van der Waals surface area contributed by atoms with Crippen molar-refractivity contribution in [3.8, 4) is 11.3 Å². The van der Waals surface area contributed by atoms with Crippen molar-refractivity contribution >= 4 is 44.4 Å². The molecule has 0 aliphatic heterocycles. The molecule has 0 aliphatic carbocycles. The van der Waals surface area contributed by atoms with Gasteiger partial charge in [-0.1, -0.05) is 52.3 Å². The van der Waals surface area contributed by atoms with Gasteiger partial charge in [0.25, 0.3) is 5.91 Å². The van der Waals surface area contributed by atoms with Gasteiger partial charge in [-0.15, -0.1) is 0 Å². The maximum Gasteiger partial charge on any atom is 0.339 e. The molecular weight excluding hydrogens is 468 g/mol. The number of aromatic nitrogens is 1. The molecule has 0 saturated carbocycles. The minimum absolute atomic E-state index is 0.368. The first-order valence-electron chi connectivity index (χ1n) is 10.1. The van der Waals surface area contributed by atoms with Crippen LogP contribution in [0.1, 0.15) is 21.5 Å². The molecule has 160 valence electrons. The van der Waals surface area contributed by atoms with Crippen LogP contribution in [0.5, 0.6) is 0 Å². The molecule has 6 heteroatoms. The Hall–Kier alpha value is -3.51. The first-order chi connectivity index (χ1) is 15.4. The van der Waals surface area contributed by atoms with Crippen molar-refractivity contribution in [2.75, 3.05) is 11.9 Å². The summed E-state index contributed by atoms with van der Waals surface area (Å²) in [6.07, 6.45) is 0. The van der Waals surface area contributed by atoms with Crippen molar-refractivity contribution in [1.29, 1.82) is 0 Å². The van der Waals surface area contributed by atoms with Crippen LogP contribution >= 0.6 is 15.9 Å². The summed E-state index contributed by atoms with van der Waals surface area (Å²) in [7, 11) is 0. The lowest BCUT2D eigenvalue weighted by molar-refractivity contribution is -0.119. The van der Waals surface area contributed by atoms with Crippen LogP contribution < -0.4 is 5.32 Å². The number of halogens is 1. The fraction of sp³-hybridized carbons (Fsp3) is 0.115. The first-order valence-corrected chi connectivity index (χ1v) is 10.9. The van der Waals surface area contributed by atoms with E-state index in [9.17, 15) is 9.59 Å². The number of esters is 1. The summed E-state index contributed by atoms with van der Waals surface area (Å²) < 4.78 is 6.31. The number of hydrogen-bond donors (Lipinski definition) is 1. The van der Waals surface area contributed by atoms with Gasteiger partial charge in [-0.25, -0.2) is 9.78 Å². The number of pyridine rings is 1. The number of carbonyl (C=O) groups excluding carboxylic acids is 2. The fourth-order valence-corrected chi connectivity index (χ4v) is 3.83. The second-order valence-corrected chi connectivity index (χ2v) is 8.50. The molecule has 32 heavy (non-hydrogen) atoms. The normalized spacial score (nSPS) is 10.7. The molecule has 0 unspecified atom stereocenters. The minimum atomic E-state index is -0.572. The predicted octanol–water partition coefficient (Wildman–Crippen LogP) is 6.08. The van der Waals surface area contributed by atoms with Gasteiger partial charge in [-0.2, -0.15) is 0 Å². The zero-order valence-corrected chi connectivity index (χ0v) is 19.3. The number of carbonyl (C=O) groups is 2. The highest BCUT2D eigenvalue weighted by Gasteiger charge is 2.17. The molecule has 0 bridgehead atoms. The van der Waals surface area contributed by atoms with Crippen LogP contribution in [0.4, 0.5) is 5.69 Å². The highest BCUT2D eigenvalue weighted by atomic mass is 79.9. The molecule has 0 aliphatic rings.